The molecule has 0 spiro atoms. The summed E-state index contributed by atoms with van der Waals surface area (Å²) in [5.74, 6) is 0. The second-order valence-corrected chi connectivity index (χ2v) is 9.65. The second-order valence-electron chi connectivity index (χ2n) is 8.74. The summed E-state index contributed by atoms with van der Waals surface area (Å²) in [4.78, 5) is 0. The number of rotatable bonds is 1. The highest BCUT2D eigenvalue weighted by atomic mass is 79.9. The molecule has 5 aromatic carbocycles. The molecule has 3 aromatic heterocycles. The summed E-state index contributed by atoms with van der Waals surface area (Å²) in [5.41, 5.74) is 6.98. The van der Waals surface area contributed by atoms with Gasteiger partial charge in [0.1, 0.15) is 22.3 Å². The third-order valence-electron chi connectivity index (χ3n) is 6.85. The van der Waals surface area contributed by atoms with Gasteiger partial charge in [0.25, 0.3) is 0 Å². The average Bonchev–Trinajstić information content (AvgIpc) is 3.50. The summed E-state index contributed by atoms with van der Waals surface area (Å²) < 4.78 is 15.7. The maximum atomic E-state index is 6.24. The molecule has 0 fully saturated rings. The van der Waals surface area contributed by atoms with Gasteiger partial charge in [0.2, 0.25) is 0 Å². The van der Waals surface area contributed by atoms with Crippen LogP contribution >= 0.6 is 15.9 Å². The van der Waals surface area contributed by atoms with Crippen LogP contribution in [0.15, 0.2) is 110 Å². The van der Waals surface area contributed by atoms with Crippen LogP contribution in [0.25, 0.3) is 71.4 Å². The van der Waals surface area contributed by atoms with E-state index in [9.17, 15) is 0 Å². The van der Waals surface area contributed by atoms with E-state index >= 15 is 0 Å². The largest absolute Gasteiger partial charge is 0.456 e. The smallest absolute Gasteiger partial charge is 0.137 e. The van der Waals surface area contributed by atoms with Crippen molar-refractivity contribution < 1.29 is 8.83 Å². The van der Waals surface area contributed by atoms with E-state index in [1.165, 1.54) is 16.3 Å². The first-order valence-corrected chi connectivity index (χ1v) is 12.0. The first-order chi connectivity index (χ1) is 16.7. The summed E-state index contributed by atoms with van der Waals surface area (Å²) in [5, 5.41) is 6.96. The van der Waals surface area contributed by atoms with Gasteiger partial charge in [0.05, 0.1) is 11.0 Å². The molecule has 0 unspecified atom stereocenters. The predicted molar refractivity (Wildman–Crippen MR) is 143 cm³/mol. The Morgan fingerprint density at radius 2 is 1.18 bits per heavy atom. The topological polar surface area (TPSA) is 31.2 Å². The fourth-order valence-electron chi connectivity index (χ4n) is 5.34. The van der Waals surface area contributed by atoms with E-state index in [-0.39, 0.29) is 0 Å². The minimum absolute atomic E-state index is 0.882. The van der Waals surface area contributed by atoms with Crippen LogP contribution in [0, 0.1) is 0 Å². The van der Waals surface area contributed by atoms with Crippen molar-refractivity contribution in [2.75, 3.05) is 0 Å². The number of halogens is 1. The van der Waals surface area contributed by atoms with E-state index in [0.717, 1.165) is 59.6 Å². The molecule has 0 aliphatic heterocycles. The highest BCUT2D eigenvalue weighted by molar-refractivity contribution is 9.10. The van der Waals surface area contributed by atoms with Crippen molar-refractivity contribution in [1.29, 1.82) is 0 Å². The number of fused-ring (bicyclic) bond motifs is 9. The summed E-state index contributed by atoms with van der Waals surface area (Å²) in [6, 6.07) is 33.9. The third kappa shape index (κ3) is 2.41. The molecule has 3 heterocycles. The lowest BCUT2D eigenvalue weighted by Gasteiger charge is -2.08. The Balaban J connectivity index is 1.50. The molecule has 0 saturated carbocycles. The fourth-order valence-corrected chi connectivity index (χ4v) is 5.68. The Bertz CT molecular complexity index is 2090. The Hall–Kier alpha value is -4.02. The average molecular weight is 502 g/mol. The van der Waals surface area contributed by atoms with Gasteiger partial charge in [-0.1, -0.05) is 52.3 Å². The molecule has 34 heavy (non-hydrogen) atoms. The number of para-hydroxylation sites is 2. The van der Waals surface area contributed by atoms with Gasteiger partial charge in [-0.3, -0.25) is 0 Å². The number of nitrogens with zero attached hydrogens (tertiary/aromatic N) is 1. The van der Waals surface area contributed by atoms with Crippen LogP contribution in [0.5, 0.6) is 0 Å². The normalized spacial score (nSPS) is 12.3. The summed E-state index contributed by atoms with van der Waals surface area (Å²) in [6.07, 6.45) is 0. The standard InChI is InChI=1S/C30H16BrNO2/c31-17-9-11-21-23-14-18(10-12-28(23)34-29(21)13-17)32-25-7-3-1-5-19(25)22-15-24-20-6-2-4-8-27(20)33-30(24)16-26(22)32/h1-16H. The predicted octanol–water partition coefficient (Wildman–Crippen LogP) is 9.34. The Morgan fingerprint density at radius 3 is 2.09 bits per heavy atom. The van der Waals surface area contributed by atoms with Crippen LogP contribution in [0.2, 0.25) is 0 Å². The first-order valence-electron chi connectivity index (χ1n) is 11.2. The maximum Gasteiger partial charge on any atom is 0.137 e. The summed E-state index contributed by atoms with van der Waals surface area (Å²) in [7, 11) is 0. The van der Waals surface area contributed by atoms with Crippen molar-refractivity contribution >= 4 is 81.6 Å². The highest BCUT2D eigenvalue weighted by Crippen LogP contribution is 2.39. The molecule has 0 bridgehead atoms. The molecule has 0 amide bonds. The minimum atomic E-state index is 0.882. The number of hydrogen-bond donors (Lipinski definition) is 0. The van der Waals surface area contributed by atoms with Gasteiger partial charge in [-0.2, -0.15) is 0 Å². The lowest BCUT2D eigenvalue weighted by molar-refractivity contribution is 0.668. The zero-order valence-corrected chi connectivity index (χ0v) is 19.5. The van der Waals surface area contributed by atoms with Crippen molar-refractivity contribution in [2.45, 2.75) is 0 Å². The molecular formula is C30H16BrNO2. The lowest BCUT2D eigenvalue weighted by Crippen LogP contribution is -1.93. The maximum absolute atomic E-state index is 6.24. The quantitative estimate of drug-likeness (QED) is 0.224. The molecule has 160 valence electrons. The minimum Gasteiger partial charge on any atom is -0.456 e. The van der Waals surface area contributed by atoms with Gasteiger partial charge in [-0.25, -0.2) is 0 Å². The zero-order chi connectivity index (χ0) is 22.4. The van der Waals surface area contributed by atoms with Gasteiger partial charge in [0.15, 0.2) is 0 Å². The van der Waals surface area contributed by atoms with Crippen molar-refractivity contribution in [3.63, 3.8) is 0 Å². The van der Waals surface area contributed by atoms with Gasteiger partial charge in [-0.05, 0) is 54.6 Å². The highest BCUT2D eigenvalue weighted by Gasteiger charge is 2.17. The number of aromatic nitrogens is 1. The van der Waals surface area contributed by atoms with Crippen molar-refractivity contribution in [3.05, 3.63) is 102 Å². The molecule has 8 aromatic rings. The fraction of sp³-hybridized carbons (Fsp3) is 0. The number of hydrogen-bond acceptors (Lipinski definition) is 2. The third-order valence-corrected chi connectivity index (χ3v) is 7.34. The molecule has 8 rings (SSSR count). The van der Waals surface area contributed by atoms with Crippen LogP contribution in [0.4, 0.5) is 0 Å². The molecule has 0 aliphatic carbocycles. The van der Waals surface area contributed by atoms with E-state index in [1.807, 2.05) is 18.2 Å². The molecule has 3 nitrogen and oxygen atoms in total. The van der Waals surface area contributed by atoms with E-state index in [1.54, 1.807) is 0 Å². The molecular weight excluding hydrogens is 486 g/mol. The molecule has 0 N–H and O–H groups in total. The second kappa shape index (κ2) is 6.52. The van der Waals surface area contributed by atoms with Gasteiger partial charge >= 0.3 is 0 Å². The van der Waals surface area contributed by atoms with Crippen molar-refractivity contribution in [3.8, 4) is 5.69 Å². The van der Waals surface area contributed by atoms with Gasteiger partial charge < -0.3 is 13.4 Å². The SMILES string of the molecule is Brc1ccc2c(c1)oc1ccc(-n3c4ccccc4c4cc5c(cc43)oc3ccccc35)cc12. The van der Waals surface area contributed by atoms with Crippen LogP contribution < -0.4 is 0 Å². The van der Waals surface area contributed by atoms with Crippen molar-refractivity contribution in [2.24, 2.45) is 0 Å². The molecule has 0 radical (unpaired) electrons. The monoisotopic (exact) mass is 501 g/mol. The van der Waals surface area contributed by atoms with Crippen molar-refractivity contribution in [1.82, 2.24) is 4.57 Å². The number of benzene rings is 5. The summed E-state index contributed by atoms with van der Waals surface area (Å²) in [6.45, 7) is 0. The van der Waals surface area contributed by atoms with E-state index in [0.29, 0.717) is 0 Å². The van der Waals surface area contributed by atoms with E-state index in [4.69, 9.17) is 8.83 Å². The molecule has 0 saturated heterocycles. The van der Waals surface area contributed by atoms with E-state index < -0.39 is 0 Å². The first kappa shape index (κ1) is 18.4. The Morgan fingerprint density at radius 1 is 0.471 bits per heavy atom. The van der Waals surface area contributed by atoms with Gasteiger partial charge in [0, 0.05) is 48.5 Å². The molecule has 0 atom stereocenters. The lowest BCUT2D eigenvalue weighted by atomic mass is 10.1. The van der Waals surface area contributed by atoms with Crippen LogP contribution in [0.1, 0.15) is 0 Å². The van der Waals surface area contributed by atoms with E-state index in [2.05, 4.69) is 99.4 Å². The Labute approximate surface area is 201 Å². The molecule has 0 aliphatic rings. The van der Waals surface area contributed by atoms with Gasteiger partial charge in [-0.15, -0.1) is 0 Å². The van der Waals surface area contributed by atoms with Crippen LogP contribution in [-0.2, 0) is 0 Å². The van der Waals surface area contributed by atoms with Crippen LogP contribution in [0.3, 0.4) is 0 Å². The number of furan rings is 2. The van der Waals surface area contributed by atoms with Crippen LogP contribution in [-0.4, -0.2) is 4.57 Å². The molecule has 4 heteroatoms. The summed E-state index contributed by atoms with van der Waals surface area (Å²) >= 11 is 3.55. The zero-order valence-electron chi connectivity index (χ0n) is 17.9. The Kier molecular flexibility index (Phi) is 3.53.